The number of benzene rings is 1. The van der Waals surface area contributed by atoms with Crippen LogP contribution in [0, 0.1) is 26.9 Å². The van der Waals surface area contributed by atoms with Crippen LogP contribution in [-0.4, -0.2) is 24.9 Å². The summed E-state index contributed by atoms with van der Waals surface area (Å²) >= 11 is 0. The van der Waals surface area contributed by atoms with E-state index >= 15 is 0 Å². The summed E-state index contributed by atoms with van der Waals surface area (Å²) in [5, 5.41) is 11.0. The van der Waals surface area contributed by atoms with E-state index in [4.69, 9.17) is 0 Å². The summed E-state index contributed by atoms with van der Waals surface area (Å²) in [6.07, 6.45) is 1.83. The highest BCUT2D eigenvalue weighted by Crippen LogP contribution is 2.64. The van der Waals surface area contributed by atoms with Gasteiger partial charge in [0.1, 0.15) is 11.5 Å². The van der Waals surface area contributed by atoms with Gasteiger partial charge in [0.05, 0.1) is 16.1 Å². The summed E-state index contributed by atoms with van der Waals surface area (Å²) in [5.74, 6) is -0.114. The molecule has 8 heteroatoms. The summed E-state index contributed by atoms with van der Waals surface area (Å²) in [4.78, 5) is 22.9. The molecule has 0 saturated heterocycles. The minimum atomic E-state index is -3.90. The maximum absolute atomic E-state index is 12.7. The van der Waals surface area contributed by atoms with Crippen LogP contribution in [0.3, 0.4) is 0 Å². The van der Waals surface area contributed by atoms with E-state index in [0.29, 0.717) is 12.8 Å². The van der Waals surface area contributed by atoms with Crippen molar-refractivity contribution >= 4 is 27.2 Å². The molecule has 0 amide bonds. The molecule has 1 aromatic carbocycles. The highest BCUT2D eigenvalue weighted by Gasteiger charge is 2.65. The number of carbonyl (C=O) groups excluding carboxylic acids is 1. The lowest BCUT2D eigenvalue weighted by Crippen LogP contribution is -2.43. The molecule has 2 fully saturated rings. The van der Waals surface area contributed by atoms with Gasteiger partial charge in [0.25, 0.3) is 5.69 Å². The van der Waals surface area contributed by atoms with Gasteiger partial charge >= 0.3 is 0 Å². The largest absolute Gasteiger partial charge is 0.299 e. The van der Waals surface area contributed by atoms with Crippen molar-refractivity contribution in [1.82, 2.24) is 0 Å². The van der Waals surface area contributed by atoms with Crippen LogP contribution in [0.1, 0.15) is 33.1 Å². The lowest BCUT2D eigenvalue weighted by molar-refractivity contribution is -0.383. The van der Waals surface area contributed by atoms with Crippen LogP contribution in [-0.2, 0) is 14.8 Å². The molecule has 0 spiro atoms. The molecule has 1 aromatic rings. The lowest BCUT2D eigenvalue weighted by atomic mass is 9.70. The van der Waals surface area contributed by atoms with E-state index in [-0.39, 0.29) is 34.2 Å². The number of hydrogen-bond donors (Lipinski definition) is 1. The molecule has 24 heavy (non-hydrogen) atoms. The number of Topliss-reactive ketones (excluding diaryl/α,β-unsaturated/α-hetero) is 1. The van der Waals surface area contributed by atoms with Crippen molar-refractivity contribution in [3.05, 3.63) is 34.4 Å². The Morgan fingerprint density at radius 2 is 2.00 bits per heavy atom. The van der Waals surface area contributed by atoms with Crippen molar-refractivity contribution in [3.8, 4) is 0 Å². The third-order valence-corrected chi connectivity index (χ3v) is 7.35. The lowest BCUT2D eigenvalue weighted by Gasteiger charge is -2.36. The van der Waals surface area contributed by atoms with Gasteiger partial charge in [-0.1, -0.05) is 26.0 Å². The fraction of sp³-hybridized carbons (Fsp3) is 0.562. The molecule has 1 N–H and O–H groups in total. The SMILES string of the molecule is CC1(C)C2CCC1(CS(=O)(=O)Nc1ccccc1[N+](=O)[O-])C(=O)C2. The van der Waals surface area contributed by atoms with Gasteiger partial charge in [-0.2, -0.15) is 0 Å². The van der Waals surface area contributed by atoms with Crippen molar-refractivity contribution < 1.29 is 18.1 Å². The normalized spacial score (nSPS) is 28.1. The Balaban J connectivity index is 1.91. The number of sulfonamides is 1. The van der Waals surface area contributed by atoms with E-state index in [2.05, 4.69) is 4.72 Å². The van der Waals surface area contributed by atoms with Crippen LogP contribution in [0.4, 0.5) is 11.4 Å². The van der Waals surface area contributed by atoms with E-state index in [1.165, 1.54) is 24.3 Å². The zero-order chi connectivity index (χ0) is 17.8. The molecule has 2 aliphatic rings. The van der Waals surface area contributed by atoms with E-state index in [1.54, 1.807) is 0 Å². The fourth-order valence-corrected chi connectivity index (χ4v) is 6.26. The molecule has 7 nitrogen and oxygen atoms in total. The maximum atomic E-state index is 12.7. The number of anilines is 1. The van der Waals surface area contributed by atoms with Crippen LogP contribution in [0.25, 0.3) is 0 Å². The molecule has 2 aliphatic carbocycles. The quantitative estimate of drug-likeness (QED) is 0.648. The third-order valence-electron chi connectivity index (χ3n) is 5.94. The van der Waals surface area contributed by atoms with Gasteiger partial charge in [0.15, 0.2) is 0 Å². The van der Waals surface area contributed by atoms with Crippen molar-refractivity contribution in [2.24, 2.45) is 16.7 Å². The summed E-state index contributed by atoms with van der Waals surface area (Å²) in [6, 6.07) is 5.60. The average Bonchev–Trinajstić information content (AvgIpc) is 2.80. The van der Waals surface area contributed by atoms with E-state index < -0.39 is 20.4 Å². The number of para-hydroxylation sites is 2. The fourth-order valence-electron chi connectivity index (χ4n) is 4.36. The number of ketones is 1. The highest BCUT2D eigenvalue weighted by molar-refractivity contribution is 7.92. The van der Waals surface area contributed by atoms with Gasteiger partial charge in [-0.15, -0.1) is 0 Å². The second-order valence-corrected chi connectivity index (χ2v) is 9.02. The molecule has 0 heterocycles. The Morgan fingerprint density at radius 3 is 2.54 bits per heavy atom. The van der Waals surface area contributed by atoms with Gasteiger partial charge in [0, 0.05) is 12.5 Å². The first kappa shape index (κ1) is 16.9. The molecule has 2 bridgehead atoms. The van der Waals surface area contributed by atoms with Crippen molar-refractivity contribution in [2.75, 3.05) is 10.5 Å². The summed E-state index contributed by atoms with van der Waals surface area (Å²) in [6.45, 7) is 3.91. The second-order valence-electron chi connectivity index (χ2n) is 7.30. The topological polar surface area (TPSA) is 106 Å². The van der Waals surface area contributed by atoms with E-state index in [0.717, 1.165) is 6.42 Å². The van der Waals surface area contributed by atoms with Gasteiger partial charge in [0.2, 0.25) is 10.0 Å². The number of carbonyl (C=O) groups is 1. The minimum absolute atomic E-state index is 0.00307. The zero-order valence-corrected chi connectivity index (χ0v) is 14.4. The second kappa shape index (κ2) is 5.27. The summed E-state index contributed by atoms with van der Waals surface area (Å²) in [5.41, 5.74) is -1.65. The van der Waals surface area contributed by atoms with Gasteiger partial charge in [-0.25, -0.2) is 8.42 Å². The molecule has 2 unspecified atom stereocenters. The number of nitrogens with one attached hydrogen (secondary N) is 1. The first-order valence-corrected chi connectivity index (χ1v) is 9.51. The Kier molecular flexibility index (Phi) is 3.71. The van der Waals surface area contributed by atoms with E-state index in [9.17, 15) is 23.3 Å². The number of fused-ring (bicyclic) bond motifs is 2. The highest BCUT2D eigenvalue weighted by atomic mass is 32.2. The molecule has 3 rings (SSSR count). The number of nitrogens with zero attached hydrogens (tertiary/aromatic N) is 1. The first-order valence-electron chi connectivity index (χ1n) is 7.86. The molecule has 130 valence electrons. The Morgan fingerprint density at radius 1 is 1.33 bits per heavy atom. The number of hydrogen-bond acceptors (Lipinski definition) is 5. The smallest absolute Gasteiger partial charge is 0.293 e. The molecule has 0 aliphatic heterocycles. The van der Waals surface area contributed by atoms with Crippen LogP contribution < -0.4 is 4.72 Å². The monoisotopic (exact) mass is 352 g/mol. The van der Waals surface area contributed by atoms with Gasteiger partial charge < -0.3 is 0 Å². The average molecular weight is 352 g/mol. The van der Waals surface area contributed by atoms with Crippen LogP contribution in [0.2, 0.25) is 0 Å². The third kappa shape index (κ3) is 2.40. The van der Waals surface area contributed by atoms with Crippen LogP contribution >= 0.6 is 0 Å². The summed E-state index contributed by atoms with van der Waals surface area (Å²) < 4.78 is 27.6. The number of nitro benzene ring substituents is 1. The minimum Gasteiger partial charge on any atom is -0.299 e. The summed E-state index contributed by atoms with van der Waals surface area (Å²) in [7, 11) is -3.90. The molecular weight excluding hydrogens is 332 g/mol. The molecular formula is C16H20N2O5S. The van der Waals surface area contributed by atoms with Crippen LogP contribution in [0.15, 0.2) is 24.3 Å². The Labute approximate surface area is 140 Å². The van der Waals surface area contributed by atoms with E-state index in [1.807, 2.05) is 13.8 Å². The van der Waals surface area contributed by atoms with Crippen molar-refractivity contribution in [1.29, 1.82) is 0 Å². The number of rotatable bonds is 5. The Hall–Kier alpha value is -1.96. The number of nitro groups is 1. The molecule has 2 saturated carbocycles. The predicted octanol–water partition coefficient (Wildman–Crippen LogP) is 2.73. The van der Waals surface area contributed by atoms with Gasteiger partial charge in [-0.3, -0.25) is 19.6 Å². The van der Waals surface area contributed by atoms with Gasteiger partial charge in [-0.05, 0) is 30.2 Å². The zero-order valence-electron chi connectivity index (χ0n) is 13.6. The standard InChI is InChI=1S/C16H20N2O5S/c1-15(2)11-7-8-16(15,14(19)9-11)10-24(22,23)17-12-5-3-4-6-13(12)18(20)21/h3-6,11,17H,7-10H2,1-2H3. The van der Waals surface area contributed by atoms with Crippen molar-refractivity contribution in [3.63, 3.8) is 0 Å². The molecule has 0 aromatic heterocycles. The predicted molar refractivity (Wildman–Crippen MR) is 89.1 cm³/mol. The first-order chi connectivity index (χ1) is 11.1. The Bertz CT molecular complexity index is 818. The van der Waals surface area contributed by atoms with Crippen LogP contribution in [0.5, 0.6) is 0 Å². The van der Waals surface area contributed by atoms with Crippen molar-refractivity contribution in [2.45, 2.75) is 33.1 Å². The molecule has 0 radical (unpaired) electrons. The molecule has 2 atom stereocenters. The maximum Gasteiger partial charge on any atom is 0.293 e.